The molecule has 0 spiro atoms. The zero-order chi connectivity index (χ0) is 18.6. The van der Waals surface area contributed by atoms with Crippen LogP contribution in [0.4, 0.5) is 0 Å². The molecule has 0 atom stereocenters. The topological polar surface area (TPSA) is 59.1 Å². The first kappa shape index (κ1) is 17.5. The molecule has 0 bridgehead atoms. The van der Waals surface area contributed by atoms with Crippen molar-refractivity contribution in [3.8, 4) is 11.5 Å². The Kier molecular flexibility index (Phi) is 5.07. The molecule has 1 fully saturated rings. The van der Waals surface area contributed by atoms with Crippen molar-refractivity contribution in [1.29, 1.82) is 0 Å². The number of ketones is 1. The molecule has 2 aromatic carbocycles. The maximum atomic E-state index is 12.7. The minimum absolute atomic E-state index is 0.00770. The molecule has 2 aromatic rings. The molecule has 0 saturated carbocycles. The highest BCUT2D eigenvalue weighted by Crippen LogP contribution is 2.32. The molecule has 2 heterocycles. The number of carbonyl (C=O) groups excluding carboxylic acids is 2. The number of nitrogens with zero attached hydrogens (tertiary/aromatic N) is 2. The number of hydrogen-bond donors (Lipinski definition) is 0. The minimum atomic E-state index is 0.00770. The number of piperazine rings is 1. The molecule has 1 saturated heterocycles. The van der Waals surface area contributed by atoms with E-state index in [2.05, 4.69) is 4.90 Å². The molecular formula is C21H22N2O4. The van der Waals surface area contributed by atoms with Crippen LogP contribution >= 0.6 is 0 Å². The van der Waals surface area contributed by atoms with E-state index in [-0.39, 0.29) is 18.5 Å². The lowest BCUT2D eigenvalue weighted by atomic mass is 10.1. The van der Waals surface area contributed by atoms with Crippen LogP contribution in [0.2, 0.25) is 0 Å². The molecule has 0 aliphatic carbocycles. The number of amides is 1. The summed E-state index contributed by atoms with van der Waals surface area (Å²) in [6.07, 6.45) is 0.500. The molecule has 6 nitrogen and oxygen atoms in total. The lowest BCUT2D eigenvalue weighted by Gasteiger charge is -2.34. The molecule has 140 valence electrons. The summed E-state index contributed by atoms with van der Waals surface area (Å²) >= 11 is 0. The summed E-state index contributed by atoms with van der Waals surface area (Å²) in [4.78, 5) is 29.0. The van der Waals surface area contributed by atoms with E-state index in [9.17, 15) is 9.59 Å². The first-order valence-electron chi connectivity index (χ1n) is 9.20. The molecule has 2 aliphatic rings. The van der Waals surface area contributed by atoms with Gasteiger partial charge in [0.1, 0.15) is 0 Å². The van der Waals surface area contributed by atoms with Gasteiger partial charge in [0.05, 0.1) is 0 Å². The molecule has 27 heavy (non-hydrogen) atoms. The number of rotatable bonds is 5. The van der Waals surface area contributed by atoms with Gasteiger partial charge in [-0.05, 0) is 18.2 Å². The third-order valence-electron chi connectivity index (χ3n) is 5.03. The molecule has 0 N–H and O–H groups in total. The van der Waals surface area contributed by atoms with Gasteiger partial charge in [-0.25, -0.2) is 0 Å². The van der Waals surface area contributed by atoms with Crippen LogP contribution in [0.5, 0.6) is 11.5 Å². The predicted octanol–water partition coefficient (Wildman–Crippen LogP) is 2.45. The second-order valence-electron chi connectivity index (χ2n) is 6.74. The van der Waals surface area contributed by atoms with Crippen LogP contribution in [0.25, 0.3) is 0 Å². The van der Waals surface area contributed by atoms with Crippen LogP contribution in [0.3, 0.4) is 0 Å². The van der Waals surface area contributed by atoms with Crippen molar-refractivity contribution in [1.82, 2.24) is 9.80 Å². The monoisotopic (exact) mass is 366 g/mol. The second-order valence-corrected chi connectivity index (χ2v) is 6.74. The third kappa shape index (κ3) is 3.95. The molecular weight excluding hydrogens is 344 g/mol. The first-order chi connectivity index (χ1) is 13.2. The van der Waals surface area contributed by atoms with Crippen molar-refractivity contribution in [3.63, 3.8) is 0 Å². The van der Waals surface area contributed by atoms with E-state index in [1.807, 2.05) is 35.2 Å². The van der Waals surface area contributed by atoms with E-state index in [0.717, 1.165) is 25.2 Å². The molecule has 0 aromatic heterocycles. The average Bonchev–Trinajstić information content (AvgIpc) is 3.20. The maximum Gasteiger partial charge on any atom is 0.254 e. The van der Waals surface area contributed by atoms with Crippen LogP contribution in [-0.4, -0.2) is 61.0 Å². The van der Waals surface area contributed by atoms with Gasteiger partial charge in [0.2, 0.25) is 6.79 Å². The van der Waals surface area contributed by atoms with Crippen LogP contribution < -0.4 is 9.47 Å². The highest BCUT2D eigenvalue weighted by molar-refractivity contribution is 5.96. The van der Waals surface area contributed by atoms with E-state index < -0.39 is 0 Å². The Morgan fingerprint density at radius 3 is 2.37 bits per heavy atom. The molecule has 0 unspecified atom stereocenters. The fourth-order valence-corrected chi connectivity index (χ4v) is 3.41. The predicted molar refractivity (Wildman–Crippen MR) is 100 cm³/mol. The Morgan fingerprint density at radius 2 is 1.59 bits per heavy atom. The first-order valence-corrected chi connectivity index (χ1v) is 9.20. The minimum Gasteiger partial charge on any atom is -0.454 e. The lowest BCUT2D eigenvalue weighted by molar-refractivity contribution is 0.0628. The number of carbonyl (C=O) groups is 2. The average molecular weight is 366 g/mol. The standard InChI is InChI=1S/C21H22N2O4/c24-18(16-4-2-1-3-5-16)8-9-22-10-12-23(13-11-22)21(25)17-6-7-19-20(14-17)27-15-26-19/h1-7,14H,8-13,15H2. The van der Waals surface area contributed by atoms with Gasteiger partial charge in [-0.3, -0.25) is 14.5 Å². The Balaban J connectivity index is 1.27. The number of benzene rings is 2. The maximum absolute atomic E-state index is 12.7. The lowest BCUT2D eigenvalue weighted by Crippen LogP contribution is -2.49. The Bertz CT molecular complexity index is 829. The third-order valence-corrected chi connectivity index (χ3v) is 5.03. The Labute approximate surface area is 158 Å². The van der Waals surface area contributed by atoms with Gasteiger partial charge in [-0.1, -0.05) is 30.3 Å². The van der Waals surface area contributed by atoms with Crippen molar-refractivity contribution in [2.45, 2.75) is 6.42 Å². The highest BCUT2D eigenvalue weighted by Gasteiger charge is 2.24. The summed E-state index contributed by atoms with van der Waals surface area (Å²) in [6.45, 7) is 3.80. The van der Waals surface area contributed by atoms with E-state index in [0.29, 0.717) is 36.6 Å². The van der Waals surface area contributed by atoms with E-state index >= 15 is 0 Å². The van der Waals surface area contributed by atoms with Crippen LogP contribution in [-0.2, 0) is 0 Å². The number of fused-ring (bicyclic) bond motifs is 1. The number of ether oxygens (including phenoxy) is 2. The van der Waals surface area contributed by atoms with Crippen LogP contribution in [0.15, 0.2) is 48.5 Å². The second kappa shape index (κ2) is 7.80. The van der Waals surface area contributed by atoms with Gasteiger partial charge in [-0.2, -0.15) is 0 Å². The van der Waals surface area contributed by atoms with Gasteiger partial charge in [0, 0.05) is 50.3 Å². The summed E-state index contributed by atoms with van der Waals surface area (Å²) in [5.74, 6) is 1.47. The van der Waals surface area contributed by atoms with E-state index in [4.69, 9.17) is 9.47 Å². The van der Waals surface area contributed by atoms with Crippen molar-refractivity contribution < 1.29 is 19.1 Å². The van der Waals surface area contributed by atoms with Crippen molar-refractivity contribution in [2.75, 3.05) is 39.5 Å². The summed E-state index contributed by atoms with van der Waals surface area (Å²) in [5, 5.41) is 0. The van der Waals surface area contributed by atoms with Crippen LogP contribution in [0, 0.1) is 0 Å². The Hall–Kier alpha value is -2.86. The molecule has 4 rings (SSSR count). The zero-order valence-corrected chi connectivity index (χ0v) is 15.1. The largest absolute Gasteiger partial charge is 0.454 e. The van der Waals surface area contributed by atoms with Crippen LogP contribution in [0.1, 0.15) is 27.1 Å². The van der Waals surface area contributed by atoms with Gasteiger partial charge >= 0.3 is 0 Å². The molecule has 0 radical (unpaired) electrons. The number of Topliss-reactive ketones (excluding diaryl/α,β-unsaturated/α-hetero) is 1. The molecule has 2 aliphatic heterocycles. The smallest absolute Gasteiger partial charge is 0.254 e. The normalized spacial score (nSPS) is 16.4. The van der Waals surface area contributed by atoms with Gasteiger partial charge in [0.25, 0.3) is 5.91 Å². The highest BCUT2D eigenvalue weighted by atomic mass is 16.7. The van der Waals surface area contributed by atoms with Crippen molar-refractivity contribution >= 4 is 11.7 Å². The van der Waals surface area contributed by atoms with Gasteiger partial charge in [-0.15, -0.1) is 0 Å². The fraction of sp³-hybridized carbons (Fsp3) is 0.333. The summed E-state index contributed by atoms with van der Waals surface area (Å²) in [7, 11) is 0. The van der Waals surface area contributed by atoms with E-state index in [1.54, 1.807) is 18.2 Å². The van der Waals surface area contributed by atoms with Crippen molar-refractivity contribution in [3.05, 3.63) is 59.7 Å². The SMILES string of the molecule is O=C(CCN1CCN(C(=O)c2ccc3c(c2)OCO3)CC1)c1ccccc1. The number of hydrogen-bond acceptors (Lipinski definition) is 5. The van der Waals surface area contributed by atoms with Crippen molar-refractivity contribution in [2.24, 2.45) is 0 Å². The Morgan fingerprint density at radius 1 is 0.852 bits per heavy atom. The quantitative estimate of drug-likeness (QED) is 0.761. The summed E-state index contributed by atoms with van der Waals surface area (Å²) in [5.41, 5.74) is 1.38. The molecule has 1 amide bonds. The fourth-order valence-electron chi connectivity index (χ4n) is 3.41. The molecule has 6 heteroatoms. The zero-order valence-electron chi connectivity index (χ0n) is 15.1. The van der Waals surface area contributed by atoms with E-state index in [1.165, 1.54) is 0 Å². The summed E-state index contributed by atoms with van der Waals surface area (Å²) in [6, 6.07) is 14.7. The van der Waals surface area contributed by atoms with Gasteiger partial charge < -0.3 is 14.4 Å². The van der Waals surface area contributed by atoms with Gasteiger partial charge in [0.15, 0.2) is 17.3 Å². The summed E-state index contributed by atoms with van der Waals surface area (Å²) < 4.78 is 10.6.